The fourth-order valence-corrected chi connectivity index (χ4v) is 2.90. The van der Waals surface area contributed by atoms with Gasteiger partial charge in [0.25, 0.3) is 0 Å². The molecule has 3 rings (SSSR count). The number of aromatic nitrogens is 2. The molecule has 102 valence electrons. The molecule has 1 aliphatic carbocycles. The average Bonchev–Trinajstić information content (AvgIpc) is 3.04. The van der Waals surface area contributed by atoms with Gasteiger partial charge in [-0.05, 0) is 25.3 Å². The first-order valence-electron chi connectivity index (χ1n) is 6.67. The standard InChI is InChI=1S/C13H17N3O3/c17-12(9-6-10(9)13(18)19)16-5-1-2-8(7-16)11-3-4-14-15-11/h3-4,8-10H,1-2,5-7H2,(H,14,15)(H,18,19)/t8?,9-,10+/m1/s1. The Bertz CT molecular complexity index is 485. The number of carbonyl (C=O) groups excluding carboxylic acids is 1. The van der Waals surface area contributed by atoms with Gasteiger partial charge >= 0.3 is 5.97 Å². The van der Waals surface area contributed by atoms with E-state index in [2.05, 4.69) is 10.2 Å². The van der Waals surface area contributed by atoms with Crippen LogP contribution in [0.5, 0.6) is 0 Å². The Labute approximate surface area is 110 Å². The van der Waals surface area contributed by atoms with Gasteiger partial charge in [0.15, 0.2) is 0 Å². The van der Waals surface area contributed by atoms with Crippen molar-refractivity contribution in [2.24, 2.45) is 11.8 Å². The van der Waals surface area contributed by atoms with Gasteiger partial charge in [0.1, 0.15) is 0 Å². The van der Waals surface area contributed by atoms with Gasteiger partial charge in [-0.15, -0.1) is 0 Å². The third-order valence-corrected chi connectivity index (χ3v) is 4.12. The van der Waals surface area contributed by atoms with E-state index in [0.29, 0.717) is 18.9 Å². The number of amides is 1. The first-order chi connectivity index (χ1) is 9.16. The van der Waals surface area contributed by atoms with Crippen molar-refractivity contribution in [3.8, 4) is 0 Å². The van der Waals surface area contributed by atoms with Gasteiger partial charge < -0.3 is 10.0 Å². The molecule has 2 heterocycles. The van der Waals surface area contributed by atoms with Crippen molar-refractivity contribution in [1.82, 2.24) is 15.1 Å². The first-order valence-corrected chi connectivity index (χ1v) is 6.67. The lowest BCUT2D eigenvalue weighted by molar-refractivity contribution is -0.142. The van der Waals surface area contributed by atoms with Gasteiger partial charge in [-0.2, -0.15) is 5.10 Å². The quantitative estimate of drug-likeness (QED) is 0.846. The zero-order valence-electron chi connectivity index (χ0n) is 10.6. The van der Waals surface area contributed by atoms with Crippen LogP contribution in [-0.2, 0) is 9.59 Å². The van der Waals surface area contributed by atoms with Crippen LogP contribution in [0.25, 0.3) is 0 Å². The summed E-state index contributed by atoms with van der Waals surface area (Å²) in [4.78, 5) is 24.9. The van der Waals surface area contributed by atoms with Crippen LogP contribution in [0.3, 0.4) is 0 Å². The van der Waals surface area contributed by atoms with Crippen LogP contribution in [-0.4, -0.2) is 45.2 Å². The van der Waals surface area contributed by atoms with E-state index in [1.54, 1.807) is 6.20 Å². The van der Waals surface area contributed by atoms with Crippen molar-refractivity contribution in [2.45, 2.75) is 25.2 Å². The molecule has 2 N–H and O–H groups in total. The second-order valence-corrected chi connectivity index (χ2v) is 5.42. The molecule has 0 spiro atoms. The minimum absolute atomic E-state index is 0.0108. The predicted octanol–water partition coefficient (Wildman–Crippen LogP) is 0.836. The number of carboxylic acids is 1. The molecule has 1 unspecified atom stereocenters. The van der Waals surface area contributed by atoms with E-state index in [1.165, 1.54) is 0 Å². The van der Waals surface area contributed by atoms with E-state index in [-0.39, 0.29) is 11.8 Å². The summed E-state index contributed by atoms with van der Waals surface area (Å²) in [7, 11) is 0. The lowest BCUT2D eigenvalue weighted by Crippen LogP contribution is -2.40. The summed E-state index contributed by atoms with van der Waals surface area (Å²) in [5.74, 6) is -1.29. The highest BCUT2D eigenvalue weighted by Gasteiger charge is 2.50. The van der Waals surface area contributed by atoms with E-state index < -0.39 is 11.9 Å². The maximum absolute atomic E-state index is 12.2. The number of hydrogen-bond donors (Lipinski definition) is 2. The molecule has 0 aromatic carbocycles. The average molecular weight is 263 g/mol. The molecule has 6 heteroatoms. The SMILES string of the molecule is O=C(O)[C@H]1C[C@H]1C(=O)N1CCCC(c2ccn[nH]2)C1. The van der Waals surface area contributed by atoms with E-state index in [9.17, 15) is 9.59 Å². The summed E-state index contributed by atoms with van der Waals surface area (Å²) in [5, 5.41) is 15.8. The summed E-state index contributed by atoms with van der Waals surface area (Å²) in [5.41, 5.74) is 1.06. The second-order valence-electron chi connectivity index (χ2n) is 5.42. The van der Waals surface area contributed by atoms with Gasteiger partial charge in [-0.25, -0.2) is 0 Å². The highest BCUT2D eigenvalue weighted by molar-refractivity contribution is 5.89. The van der Waals surface area contributed by atoms with Gasteiger partial charge in [0.2, 0.25) is 5.91 Å². The Morgan fingerprint density at radius 3 is 2.89 bits per heavy atom. The number of nitrogens with zero attached hydrogens (tertiary/aromatic N) is 2. The third-order valence-electron chi connectivity index (χ3n) is 4.12. The molecule has 2 aliphatic rings. The molecule has 1 saturated heterocycles. The number of nitrogens with one attached hydrogen (secondary N) is 1. The van der Waals surface area contributed by atoms with Crippen molar-refractivity contribution in [3.63, 3.8) is 0 Å². The number of rotatable bonds is 3. The summed E-state index contributed by atoms with van der Waals surface area (Å²) < 4.78 is 0. The molecule has 1 aliphatic heterocycles. The number of carbonyl (C=O) groups is 2. The molecule has 1 aromatic heterocycles. The molecular formula is C13H17N3O3. The van der Waals surface area contributed by atoms with Gasteiger partial charge in [-0.3, -0.25) is 14.7 Å². The Morgan fingerprint density at radius 1 is 1.42 bits per heavy atom. The molecule has 1 aromatic rings. The number of hydrogen-bond acceptors (Lipinski definition) is 3. The molecule has 0 radical (unpaired) electrons. The zero-order chi connectivity index (χ0) is 13.4. The number of aliphatic carboxylic acids is 1. The maximum Gasteiger partial charge on any atom is 0.307 e. The van der Waals surface area contributed by atoms with Crippen LogP contribution in [0.15, 0.2) is 12.3 Å². The lowest BCUT2D eigenvalue weighted by atomic mass is 9.94. The fraction of sp³-hybridized carbons (Fsp3) is 0.615. The minimum Gasteiger partial charge on any atom is -0.481 e. The monoisotopic (exact) mass is 263 g/mol. The lowest BCUT2D eigenvalue weighted by Gasteiger charge is -2.32. The van der Waals surface area contributed by atoms with Crippen molar-refractivity contribution >= 4 is 11.9 Å². The van der Waals surface area contributed by atoms with Gasteiger partial charge in [0, 0.05) is 30.9 Å². The van der Waals surface area contributed by atoms with Crippen LogP contribution in [0.1, 0.15) is 30.9 Å². The van der Waals surface area contributed by atoms with Crippen LogP contribution in [0.4, 0.5) is 0 Å². The smallest absolute Gasteiger partial charge is 0.307 e. The third kappa shape index (κ3) is 2.34. The molecule has 0 bridgehead atoms. The highest BCUT2D eigenvalue weighted by Crippen LogP contribution is 2.41. The normalized spacial score (nSPS) is 30.1. The molecule has 6 nitrogen and oxygen atoms in total. The van der Waals surface area contributed by atoms with Crippen molar-refractivity contribution in [1.29, 1.82) is 0 Å². The molecule has 2 fully saturated rings. The van der Waals surface area contributed by atoms with Gasteiger partial charge in [-0.1, -0.05) is 0 Å². The van der Waals surface area contributed by atoms with E-state index >= 15 is 0 Å². The second kappa shape index (κ2) is 4.68. The van der Waals surface area contributed by atoms with Crippen LogP contribution in [0.2, 0.25) is 0 Å². The minimum atomic E-state index is -0.847. The largest absolute Gasteiger partial charge is 0.481 e. The van der Waals surface area contributed by atoms with Gasteiger partial charge in [0.05, 0.1) is 11.8 Å². The Morgan fingerprint density at radius 2 is 2.26 bits per heavy atom. The van der Waals surface area contributed by atoms with Crippen LogP contribution < -0.4 is 0 Å². The van der Waals surface area contributed by atoms with E-state index in [0.717, 1.165) is 25.1 Å². The van der Waals surface area contributed by atoms with Crippen LogP contribution >= 0.6 is 0 Å². The first kappa shape index (κ1) is 12.2. The van der Waals surface area contributed by atoms with Crippen LogP contribution in [0, 0.1) is 11.8 Å². The Kier molecular flexibility index (Phi) is 3.00. The molecular weight excluding hydrogens is 246 g/mol. The summed E-state index contributed by atoms with van der Waals surface area (Å²) in [6.45, 7) is 1.41. The Balaban J connectivity index is 1.63. The summed E-state index contributed by atoms with van der Waals surface area (Å²) in [6.07, 6.45) is 4.22. The highest BCUT2D eigenvalue weighted by atomic mass is 16.4. The molecule has 1 saturated carbocycles. The predicted molar refractivity (Wildman–Crippen MR) is 66.4 cm³/mol. The van der Waals surface area contributed by atoms with Crippen molar-refractivity contribution in [2.75, 3.05) is 13.1 Å². The topological polar surface area (TPSA) is 86.3 Å². The number of carboxylic acid groups (broad SMARTS) is 1. The number of H-pyrrole nitrogens is 1. The Hall–Kier alpha value is -1.85. The molecule has 1 amide bonds. The van der Waals surface area contributed by atoms with E-state index in [1.807, 2.05) is 11.0 Å². The van der Waals surface area contributed by atoms with Crippen molar-refractivity contribution in [3.05, 3.63) is 18.0 Å². The maximum atomic E-state index is 12.2. The van der Waals surface area contributed by atoms with Crippen molar-refractivity contribution < 1.29 is 14.7 Å². The van der Waals surface area contributed by atoms with E-state index in [4.69, 9.17) is 5.11 Å². The molecule has 19 heavy (non-hydrogen) atoms. The molecule has 3 atom stereocenters. The fourth-order valence-electron chi connectivity index (χ4n) is 2.90. The number of piperidine rings is 1. The number of likely N-dealkylation sites (tertiary alicyclic amines) is 1. The zero-order valence-corrected chi connectivity index (χ0v) is 10.6. The number of aromatic amines is 1. The summed E-state index contributed by atoms with van der Waals surface area (Å²) >= 11 is 0. The summed E-state index contributed by atoms with van der Waals surface area (Å²) in [6, 6.07) is 1.94.